The highest BCUT2D eigenvalue weighted by molar-refractivity contribution is 5.94. The number of aromatic nitrogens is 1. The summed E-state index contributed by atoms with van der Waals surface area (Å²) in [6, 6.07) is 9.56. The second-order valence-electron chi connectivity index (χ2n) is 5.14. The van der Waals surface area contributed by atoms with E-state index >= 15 is 0 Å². The Bertz CT molecular complexity index is 689. The zero-order chi connectivity index (χ0) is 15.5. The van der Waals surface area contributed by atoms with Crippen molar-refractivity contribution in [1.29, 1.82) is 0 Å². The van der Waals surface area contributed by atoms with Gasteiger partial charge in [0.15, 0.2) is 0 Å². The van der Waals surface area contributed by atoms with E-state index < -0.39 is 5.97 Å². The summed E-state index contributed by atoms with van der Waals surface area (Å²) >= 11 is 0. The molecule has 1 aromatic heterocycles. The molecule has 0 bridgehead atoms. The van der Waals surface area contributed by atoms with Crippen LogP contribution in [0.25, 0.3) is 0 Å². The molecule has 0 fully saturated rings. The third-order valence-corrected chi connectivity index (χ3v) is 3.62. The van der Waals surface area contributed by atoms with Crippen molar-refractivity contribution >= 4 is 17.3 Å². The maximum atomic E-state index is 11.3. The zero-order valence-corrected chi connectivity index (χ0v) is 12.3. The first-order chi connectivity index (χ1) is 10.7. The topological polar surface area (TPSA) is 77.5 Å². The third-order valence-electron chi connectivity index (χ3n) is 3.62. The second-order valence-corrected chi connectivity index (χ2v) is 5.14. The standard InChI is InChI=1S/C16H18N4O2/c1-2-9-20-14-6-4-3-5-12(14)15(19-20)18-13-10-17-8-7-11(13)16(21)22/h3-8,10,15,18-19H,2,9H2,1H3,(H,21,22). The number of hydrogen-bond acceptors (Lipinski definition) is 5. The summed E-state index contributed by atoms with van der Waals surface area (Å²) in [5.41, 5.74) is 6.29. The molecule has 3 rings (SSSR count). The van der Waals surface area contributed by atoms with Crippen molar-refractivity contribution in [3.63, 3.8) is 0 Å². The van der Waals surface area contributed by atoms with Crippen LogP contribution in [0.3, 0.4) is 0 Å². The molecule has 2 heterocycles. The van der Waals surface area contributed by atoms with Crippen LogP contribution in [-0.4, -0.2) is 22.6 Å². The minimum absolute atomic E-state index is 0.176. The summed E-state index contributed by atoms with van der Waals surface area (Å²) in [5, 5.41) is 14.6. The molecule has 3 N–H and O–H groups in total. The first kappa shape index (κ1) is 14.3. The quantitative estimate of drug-likeness (QED) is 0.787. The minimum atomic E-state index is -0.971. The molecule has 1 unspecified atom stereocenters. The predicted molar refractivity (Wildman–Crippen MR) is 84.8 cm³/mol. The van der Waals surface area contributed by atoms with Crippen LogP contribution >= 0.6 is 0 Å². The number of carbonyl (C=O) groups is 1. The molecule has 1 aromatic carbocycles. The van der Waals surface area contributed by atoms with Gasteiger partial charge < -0.3 is 15.4 Å². The lowest BCUT2D eigenvalue weighted by molar-refractivity contribution is 0.0697. The molecule has 0 spiro atoms. The van der Waals surface area contributed by atoms with E-state index in [1.165, 1.54) is 18.5 Å². The lowest BCUT2D eigenvalue weighted by Crippen LogP contribution is -2.37. The van der Waals surface area contributed by atoms with Gasteiger partial charge in [0.2, 0.25) is 0 Å². The Balaban J connectivity index is 1.90. The summed E-state index contributed by atoms with van der Waals surface area (Å²) in [5.74, 6) is -0.971. The first-order valence-electron chi connectivity index (χ1n) is 7.27. The first-order valence-corrected chi connectivity index (χ1v) is 7.27. The van der Waals surface area contributed by atoms with E-state index in [9.17, 15) is 9.90 Å². The molecule has 22 heavy (non-hydrogen) atoms. The van der Waals surface area contributed by atoms with Gasteiger partial charge >= 0.3 is 5.97 Å². The van der Waals surface area contributed by atoms with Crippen LogP contribution < -0.4 is 15.8 Å². The summed E-state index contributed by atoms with van der Waals surface area (Å²) in [6.45, 7) is 3.00. The van der Waals surface area contributed by atoms with Gasteiger partial charge in [-0.15, -0.1) is 0 Å². The molecule has 6 heteroatoms. The van der Waals surface area contributed by atoms with Gasteiger partial charge in [0.05, 0.1) is 23.1 Å². The van der Waals surface area contributed by atoms with E-state index in [0.29, 0.717) is 5.69 Å². The summed E-state index contributed by atoms with van der Waals surface area (Å²) < 4.78 is 0. The Morgan fingerprint density at radius 3 is 3.00 bits per heavy atom. The molecular formula is C16H18N4O2. The van der Waals surface area contributed by atoms with Crippen LogP contribution in [0, 0.1) is 0 Å². The van der Waals surface area contributed by atoms with Gasteiger partial charge in [-0.25, -0.2) is 10.2 Å². The maximum absolute atomic E-state index is 11.3. The minimum Gasteiger partial charge on any atom is -0.478 e. The molecule has 6 nitrogen and oxygen atoms in total. The molecule has 1 aliphatic heterocycles. The molecule has 0 amide bonds. The van der Waals surface area contributed by atoms with Crippen molar-refractivity contribution in [3.05, 3.63) is 53.9 Å². The smallest absolute Gasteiger partial charge is 0.337 e. The van der Waals surface area contributed by atoms with Gasteiger partial charge in [0.1, 0.15) is 6.17 Å². The fourth-order valence-corrected chi connectivity index (χ4v) is 2.64. The number of hydrazine groups is 1. The Kier molecular flexibility index (Phi) is 3.93. The van der Waals surface area contributed by atoms with E-state index in [4.69, 9.17) is 0 Å². The summed E-state index contributed by atoms with van der Waals surface area (Å²) in [7, 11) is 0. The fraction of sp³-hybridized carbons (Fsp3) is 0.250. The largest absolute Gasteiger partial charge is 0.478 e. The van der Waals surface area contributed by atoms with E-state index in [0.717, 1.165) is 24.2 Å². The number of rotatable bonds is 5. The highest BCUT2D eigenvalue weighted by atomic mass is 16.4. The lowest BCUT2D eigenvalue weighted by atomic mass is 10.1. The average Bonchev–Trinajstić information content (AvgIpc) is 2.86. The summed E-state index contributed by atoms with van der Waals surface area (Å²) in [4.78, 5) is 15.3. The van der Waals surface area contributed by atoms with Gasteiger partial charge in [-0.2, -0.15) is 0 Å². The van der Waals surface area contributed by atoms with E-state index in [-0.39, 0.29) is 11.7 Å². The molecule has 0 aliphatic carbocycles. The molecule has 114 valence electrons. The predicted octanol–water partition coefficient (Wildman–Crippen LogP) is 2.63. The number of carboxylic acids is 1. The fourth-order valence-electron chi connectivity index (χ4n) is 2.64. The summed E-state index contributed by atoms with van der Waals surface area (Å²) in [6.07, 6.45) is 3.86. The number of pyridine rings is 1. The molecule has 2 aromatic rings. The van der Waals surface area contributed by atoms with Gasteiger partial charge in [0.25, 0.3) is 0 Å². The highest BCUT2D eigenvalue weighted by Gasteiger charge is 2.28. The number of fused-ring (bicyclic) bond motifs is 1. The van der Waals surface area contributed by atoms with Crippen LogP contribution in [0.2, 0.25) is 0 Å². The van der Waals surface area contributed by atoms with Crippen LogP contribution in [-0.2, 0) is 0 Å². The van der Waals surface area contributed by atoms with Crippen LogP contribution in [0.5, 0.6) is 0 Å². The van der Waals surface area contributed by atoms with Crippen LogP contribution in [0.1, 0.15) is 35.4 Å². The third kappa shape index (κ3) is 2.60. The number of carboxylic acid groups (broad SMARTS) is 1. The van der Waals surface area contributed by atoms with Crippen molar-refractivity contribution in [2.45, 2.75) is 19.5 Å². The molecular weight excluding hydrogens is 280 g/mol. The molecule has 0 saturated heterocycles. The Labute approximate surface area is 128 Å². The number of para-hydroxylation sites is 1. The Hall–Kier alpha value is -2.60. The highest BCUT2D eigenvalue weighted by Crippen LogP contribution is 2.33. The lowest BCUT2D eigenvalue weighted by Gasteiger charge is -2.21. The SMILES string of the molecule is CCCN1NC(Nc2cnccc2C(=O)O)c2ccccc21. The number of benzene rings is 1. The van der Waals surface area contributed by atoms with Crippen molar-refractivity contribution < 1.29 is 9.90 Å². The number of nitrogens with zero attached hydrogens (tertiary/aromatic N) is 2. The van der Waals surface area contributed by atoms with E-state index in [2.05, 4.69) is 33.7 Å². The number of aromatic carboxylic acids is 1. The van der Waals surface area contributed by atoms with E-state index in [1.54, 1.807) is 0 Å². The van der Waals surface area contributed by atoms with Crippen molar-refractivity contribution in [3.8, 4) is 0 Å². The Morgan fingerprint density at radius 1 is 1.41 bits per heavy atom. The maximum Gasteiger partial charge on any atom is 0.337 e. The molecule has 0 radical (unpaired) electrons. The van der Waals surface area contributed by atoms with Crippen molar-refractivity contribution in [2.24, 2.45) is 0 Å². The number of anilines is 2. The molecule has 1 atom stereocenters. The number of nitrogens with one attached hydrogen (secondary N) is 2. The zero-order valence-electron chi connectivity index (χ0n) is 12.3. The Morgan fingerprint density at radius 2 is 2.23 bits per heavy atom. The van der Waals surface area contributed by atoms with Crippen molar-refractivity contribution in [1.82, 2.24) is 10.4 Å². The van der Waals surface area contributed by atoms with Gasteiger partial charge in [-0.3, -0.25) is 4.98 Å². The number of hydrogen-bond donors (Lipinski definition) is 3. The van der Waals surface area contributed by atoms with Crippen LogP contribution in [0.15, 0.2) is 42.7 Å². The second kappa shape index (κ2) is 6.03. The van der Waals surface area contributed by atoms with Crippen molar-refractivity contribution in [2.75, 3.05) is 16.9 Å². The molecule has 0 saturated carbocycles. The normalized spacial score (nSPS) is 16.4. The van der Waals surface area contributed by atoms with E-state index in [1.807, 2.05) is 18.2 Å². The van der Waals surface area contributed by atoms with Gasteiger partial charge in [-0.1, -0.05) is 25.1 Å². The van der Waals surface area contributed by atoms with Crippen LogP contribution in [0.4, 0.5) is 11.4 Å². The monoisotopic (exact) mass is 298 g/mol. The van der Waals surface area contributed by atoms with Gasteiger partial charge in [-0.05, 0) is 18.6 Å². The average molecular weight is 298 g/mol. The van der Waals surface area contributed by atoms with Gasteiger partial charge in [0, 0.05) is 18.3 Å². The molecule has 1 aliphatic rings.